The van der Waals surface area contributed by atoms with Crippen LogP contribution in [0.3, 0.4) is 0 Å². The van der Waals surface area contributed by atoms with E-state index in [1.807, 2.05) is 12.1 Å². The Labute approximate surface area is 104 Å². The zero-order valence-corrected chi connectivity index (χ0v) is 11.3. The molecule has 0 aliphatic rings. The molecule has 0 aromatic heterocycles. The number of hydrogen-bond donors (Lipinski definition) is 1. The average Bonchev–Trinajstić information content (AvgIpc) is 2.09. The van der Waals surface area contributed by atoms with Gasteiger partial charge in [0.15, 0.2) is 0 Å². The summed E-state index contributed by atoms with van der Waals surface area (Å²) in [5.74, 6) is -0.213. The van der Waals surface area contributed by atoms with Gasteiger partial charge in [0.2, 0.25) is 5.91 Å². The Morgan fingerprint density at radius 3 is 2.64 bits per heavy atom. The van der Waals surface area contributed by atoms with Crippen LogP contribution in [0.4, 0.5) is 5.69 Å². The number of carbonyl (C=O) groups is 1. The maximum atomic E-state index is 11.3. The van der Waals surface area contributed by atoms with Crippen molar-refractivity contribution in [1.29, 1.82) is 0 Å². The van der Waals surface area contributed by atoms with E-state index in [-0.39, 0.29) is 5.91 Å². The van der Waals surface area contributed by atoms with Gasteiger partial charge in [0.1, 0.15) is 5.38 Å². The van der Waals surface area contributed by atoms with E-state index in [2.05, 4.69) is 37.2 Å². The number of amides is 1. The van der Waals surface area contributed by atoms with E-state index in [0.717, 1.165) is 8.95 Å². The van der Waals surface area contributed by atoms with E-state index in [9.17, 15) is 4.79 Å². The van der Waals surface area contributed by atoms with Crippen molar-refractivity contribution >= 4 is 55.1 Å². The van der Waals surface area contributed by atoms with Crippen LogP contribution in [0, 0.1) is 0 Å². The summed E-state index contributed by atoms with van der Waals surface area (Å²) in [5.41, 5.74) is 0.714. The fraction of sp³-hybridized carbons (Fsp3) is 0.222. The normalized spacial score (nSPS) is 12.3. The van der Waals surface area contributed by atoms with E-state index >= 15 is 0 Å². The first-order chi connectivity index (χ1) is 6.50. The molecule has 0 saturated carbocycles. The molecule has 0 bridgehead atoms. The molecule has 14 heavy (non-hydrogen) atoms. The third-order valence-corrected chi connectivity index (χ3v) is 2.90. The summed E-state index contributed by atoms with van der Waals surface area (Å²) in [6.45, 7) is 1.63. The molecule has 76 valence electrons. The summed E-state index contributed by atoms with van der Waals surface area (Å²) in [6, 6.07) is 5.50. The lowest BCUT2D eigenvalue weighted by Gasteiger charge is -2.08. The molecule has 0 radical (unpaired) electrons. The SMILES string of the molecule is C[C@@H](Cl)C(=O)Nc1ccc(Br)cc1Br. The van der Waals surface area contributed by atoms with Crippen molar-refractivity contribution in [3.05, 3.63) is 27.1 Å². The van der Waals surface area contributed by atoms with Gasteiger partial charge >= 0.3 is 0 Å². The highest BCUT2D eigenvalue weighted by Gasteiger charge is 2.10. The van der Waals surface area contributed by atoms with Crippen molar-refractivity contribution in [1.82, 2.24) is 0 Å². The molecule has 1 aromatic rings. The van der Waals surface area contributed by atoms with E-state index in [0.29, 0.717) is 5.69 Å². The Kier molecular flexibility index (Phi) is 4.41. The molecule has 0 aliphatic carbocycles. The molecule has 0 fully saturated rings. The lowest BCUT2D eigenvalue weighted by atomic mass is 10.3. The number of carbonyl (C=O) groups excluding carboxylic acids is 1. The Hall–Kier alpha value is -0.0600. The Balaban J connectivity index is 2.82. The number of hydrogen-bond acceptors (Lipinski definition) is 1. The summed E-state index contributed by atoms with van der Waals surface area (Å²) < 4.78 is 1.76. The second-order valence-electron chi connectivity index (χ2n) is 2.73. The quantitative estimate of drug-likeness (QED) is 0.815. The molecule has 1 N–H and O–H groups in total. The van der Waals surface area contributed by atoms with Crippen LogP contribution in [0.25, 0.3) is 0 Å². The highest BCUT2D eigenvalue weighted by Crippen LogP contribution is 2.26. The van der Waals surface area contributed by atoms with Crippen molar-refractivity contribution in [2.24, 2.45) is 0 Å². The van der Waals surface area contributed by atoms with Crippen LogP contribution in [0.15, 0.2) is 27.1 Å². The van der Waals surface area contributed by atoms with Crippen molar-refractivity contribution in [2.75, 3.05) is 5.32 Å². The van der Waals surface area contributed by atoms with Gasteiger partial charge in [0, 0.05) is 8.95 Å². The molecule has 0 saturated heterocycles. The fourth-order valence-electron chi connectivity index (χ4n) is 0.823. The Morgan fingerprint density at radius 2 is 2.14 bits per heavy atom. The van der Waals surface area contributed by atoms with Gasteiger partial charge in [-0.15, -0.1) is 11.6 Å². The number of halogens is 3. The van der Waals surface area contributed by atoms with Crippen LogP contribution in [-0.4, -0.2) is 11.3 Å². The summed E-state index contributed by atoms with van der Waals surface area (Å²) in [6.07, 6.45) is 0. The second-order valence-corrected chi connectivity index (χ2v) is 5.15. The van der Waals surface area contributed by atoms with Gasteiger partial charge in [-0.05, 0) is 41.1 Å². The largest absolute Gasteiger partial charge is 0.324 e. The minimum Gasteiger partial charge on any atom is -0.324 e. The first-order valence-corrected chi connectivity index (χ1v) is 5.93. The standard InChI is InChI=1S/C9H8Br2ClNO/c1-5(12)9(14)13-8-3-2-6(10)4-7(8)11/h2-5H,1H3,(H,13,14)/t5-/m1/s1. The topological polar surface area (TPSA) is 29.1 Å². The van der Waals surface area contributed by atoms with Crippen molar-refractivity contribution in [2.45, 2.75) is 12.3 Å². The van der Waals surface area contributed by atoms with Gasteiger partial charge in [0.05, 0.1) is 5.69 Å². The van der Waals surface area contributed by atoms with Crippen LogP contribution in [0.5, 0.6) is 0 Å². The predicted octanol–water partition coefficient (Wildman–Crippen LogP) is 3.78. The summed E-state index contributed by atoms with van der Waals surface area (Å²) in [4.78, 5) is 11.3. The van der Waals surface area contributed by atoms with Gasteiger partial charge in [-0.25, -0.2) is 0 Å². The van der Waals surface area contributed by atoms with Gasteiger partial charge in [-0.2, -0.15) is 0 Å². The Morgan fingerprint density at radius 1 is 1.50 bits per heavy atom. The zero-order chi connectivity index (χ0) is 10.7. The Bertz CT molecular complexity index is 355. The second kappa shape index (κ2) is 5.14. The van der Waals surface area contributed by atoms with Gasteiger partial charge in [-0.3, -0.25) is 4.79 Å². The zero-order valence-electron chi connectivity index (χ0n) is 7.35. The van der Waals surface area contributed by atoms with Gasteiger partial charge in [-0.1, -0.05) is 15.9 Å². The van der Waals surface area contributed by atoms with E-state index in [4.69, 9.17) is 11.6 Å². The lowest BCUT2D eigenvalue weighted by molar-refractivity contribution is -0.115. The number of benzene rings is 1. The summed E-state index contributed by atoms with van der Waals surface area (Å²) in [5, 5.41) is 2.16. The molecular formula is C9H8Br2ClNO. The van der Waals surface area contributed by atoms with Crippen LogP contribution in [0.1, 0.15) is 6.92 Å². The van der Waals surface area contributed by atoms with E-state index < -0.39 is 5.38 Å². The molecule has 0 spiro atoms. The first kappa shape index (κ1) is 12.0. The van der Waals surface area contributed by atoms with Crippen molar-refractivity contribution in [3.8, 4) is 0 Å². The molecule has 0 aliphatic heterocycles. The third kappa shape index (κ3) is 3.26. The van der Waals surface area contributed by atoms with Crippen LogP contribution in [0.2, 0.25) is 0 Å². The maximum absolute atomic E-state index is 11.3. The van der Waals surface area contributed by atoms with Crippen molar-refractivity contribution in [3.63, 3.8) is 0 Å². The predicted molar refractivity (Wildman–Crippen MR) is 65.8 cm³/mol. The molecule has 0 heterocycles. The number of nitrogens with one attached hydrogen (secondary N) is 1. The average molecular weight is 341 g/mol. The molecule has 2 nitrogen and oxygen atoms in total. The van der Waals surface area contributed by atoms with E-state index in [1.165, 1.54) is 0 Å². The fourth-order valence-corrected chi connectivity index (χ4v) is 2.02. The summed E-state index contributed by atoms with van der Waals surface area (Å²) in [7, 11) is 0. The highest BCUT2D eigenvalue weighted by atomic mass is 79.9. The molecule has 1 amide bonds. The monoisotopic (exact) mass is 339 g/mol. The number of anilines is 1. The van der Waals surface area contributed by atoms with E-state index in [1.54, 1.807) is 13.0 Å². The molecule has 0 unspecified atom stereocenters. The lowest BCUT2D eigenvalue weighted by Crippen LogP contribution is -2.20. The number of alkyl halides is 1. The first-order valence-electron chi connectivity index (χ1n) is 3.90. The minimum atomic E-state index is -0.537. The third-order valence-electron chi connectivity index (χ3n) is 1.55. The molecular weight excluding hydrogens is 333 g/mol. The van der Waals surface area contributed by atoms with Gasteiger partial charge in [0.25, 0.3) is 0 Å². The van der Waals surface area contributed by atoms with Crippen LogP contribution >= 0.6 is 43.5 Å². The number of rotatable bonds is 2. The van der Waals surface area contributed by atoms with Crippen molar-refractivity contribution < 1.29 is 4.79 Å². The molecule has 5 heteroatoms. The van der Waals surface area contributed by atoms with Crippen LogP contribution in [-0.2, 0) is 4.79 Å². The van der Waals surface area contributed by atoms with Crippen LogP contribution < -0.4 is 5.32 Å². The minimum absolute atomic E-state index is 0.213. The molecule has 1 atom stereocenters. The smallest absolute Gasteiger partial charge is 0.242 e. The molecule has 1 rings (SSSR count). The maximum Gasteiger partial charge on any atom is 0.242 e. The van der Waals surface area contributed by atoms with Gasteiger partial charge < -0.3 is 5.32 Å². The molecule has 1 aromatic carbocycles. The summed E-state index contributed by atoms with van der Waals surface area (Å²) >= 11 is 12.3. The highest BCUT2D eigenvalue weighted by molar-refractivity contribution is 9.11.